The molecule has 0 aliphatic rings. The second-order valence-electron chi connectivity index (χ2n) is 3.57. The lowest BCUT2D eigenvalue weighted by atomic mass is 10.1. The van der Waals surface area contributed by atoms with E-state index in [9.17, 15) is 0 Å². The van der Waals surface area contributed by atoms with Crippen molar-refractivity contribution in [1.29, 1.82) is 0 Å². The fraction of sp³-hybridized carbons (Fsp3) is 0.143. The van der Waals surface area contributed by atoms with Crippen LogP contribution in [0.5, 0.6) is 5.75 Å². The summed E-state index contributed by atoms with van der Waals surface area (Å²) in [5.74, 6) is 1.34. The zero-order valence-electron chi connectivity index (χ0n) is 9.20. The van der Waals surface area contributed by atoms with Gasteiger partial charge in [0.25, 0.3) is 0 Å². The molecule has 0 aromatic heterocycles. The van der Waals surface area contributed by atoms with Gasteiger partial charge in [0, 0.05) is 5.02 Å². The van der Waals surface area contributed by atoms with Crippen LogP contribution in [0.3, 0.4) is 0 Å². The van der Waals surface area contributed by atoms with Crippen molar-refractivity contribution in [3.63, 3.8) is 0 Å². The molecule has 2 aromatic rings. The first kappa shape index (κ1) is 12.3. The Labute approximate surface area is 111 Å². The van der Waals surface area contributed by atoms with Crippen molar-refractivity contribution in [2.75, 3.05) is 12.5 Å². The monoisotopic (exact) mass is 266 g/mol. The van der Waals surface area contributed by atoms with Crippen LogP contribution < -0.4 is 4.74 Å². The molecule has 2 rings (SSSR count). The average Bonchev–Trinajstić information content (AvgIpc) is 2.38. The summed E-state index contributed by atoms with van der Waals surface area (Å²) in [4.78, 5) is 0. The summed E-state index contributed by atoms with van der Waals surface area (Å²) < 4.78 is 5.41. The van der Waals surface area contributed by atoms with E-state index in [0.29, 0.717) is 12.5 Å². The summed E-state index contributed by atoms with van der Waals surface area (Å²) in [6.45, 7) is 0.530. The van der Waals surface area contributed by atoms with Crippen LogP contribution in [0.15, 0.2) is 48.5 Å². The van der Waals surface area contributed by atoms with Gasteiger partial charge in [0.05, 0.1) is 5.88 Å². The van der Waals surface area contributed by atoms with Crippen molar-refractivity contribution in [3.05, 3.63) is 53.6 Å². The van der Waals surface area contributed by atoms with Crippen molar-refractivity contribution in [3.8, 4) is 16.9 Å². The molecule has 0 spiro atoms. The predicted molar refractivity (Wildman–Crippen MR) is 73.1 cm³/mol. The number of ether oxygens (including phenoxy) is 1. The van der Waals surface area contributed by atoms with E-state index in [0.717, 1.165) is 21.9 Å². The van der Waals surface area contributed by atoms with E-state index in [4.69, 9.17) is 27.9 Å². The Morgan fingerprint density at radius 1 is 0.824 bits per heavy atom. The van der Waals surface area contributed by atoms with Crippen molar-refractivity contribution in [1.82, 2.24) is 0 Å². The van der Waals surface area contributed by atoms with Crippen LogP contribution in [0.1, 0.15) is 0 Å². The van der Waals surface area contributed by atoms with Gasteiger partial charge in [-0.1, -0.05) is 35.9 Å². The van der Waals surface area contributed by atoms with E-state index in [-0.39, 0.29) is 0 Å². The zero-order chi connectivity index (χ0) is 12.1. The third-order valence-electron chi connectivity index (χ3n) is 2.38. The highest BCUT2D eigenvalue weighted by atomic mass is 35.5. The van der Waals surface area contributed by atoms with E-state index in [1.165, 1.54) is 0 Å². The SMILES string of the molecule is ClCCOc1ccc(-c2ccc(Cl)cc2)cc1. The number of hydrogen-bond donors (Lipinski definition) is 0. The van der Waals surface area contributed by atoms with Gasteiger partial charge in [-0.05, 0) is 35.4 Å². The van der Waals surface area contributed by atoms with E-state index < -0.39 is 0 Å². The van der Waals surface area contributed by atoms with Gasteiger partial charge < -0.3 is 4.74 Å². The molecule has 0 amide bonds. The number of hydrogen-bond acceptors (Lipinski definition) is 1. The summed E-state index contributed by atoms with van der Waals surface area (Å²) in [6, 6.07) is 15.7. The molecule has 0 heterocycles. The van der Waals surface area contributed by atoms with E-state index in [2.05, 4.69) is 0 Å². The van der Waals surface area contributed by atoms with E-state index in [1.54, 1.807) is 0 Å². The molecule has 0 radical (unpaired) electrons. The molecule has 0 saturated heterocycles. The quantitative estimate of drug-likeness (QED) is 0.734. The minimum absolute atomic E-state index is 0.499. The first-order chi connectivity index (χ1) is 8.29. The van der Waals surface area contributed by atoms with Gasteiger partial charge in [0.2, 0.25) is 0 Å². The molecular weight excluding hydrogens is 255 g/mol. The molecular formula is C14H12Cl2O. The summed E-state index contributed by atoms with van der Waals surface area (Å²) in [7, 11) is 0. The van der Waals surface area contributed by atoms with Gasteiger partial charge in [-0.25, -0.2) is 0 Å². The second-order valence-corrected chi connectivity index (χ2v) is 4.38. The van der Waals surface area contributed by atoms with Crippen LogP contribution in [0.2, 0.25) is 5.02 Å². The molecule has 2 aromatic carbocycles. The smallest absolute Gasteiger partial charge is 0.119 e. The summed E-state index contributed by atoms with van der Waals surface area (Å²) in [6.07, 6.45) is 0. The van der Waals surface area contributed by atoms with Crippen molar-refractivity contribution in [2.24, 2.45) is 0 Å². The van der Waals surface area contributed by atoms with Crippen LogP contribution in [0.25, 0.3) is 11.1 Å². The Kier molecular flexibility index (Phi) is 4.29. The third kappa shape index (κ3) is 3.39. The Bertz CT molecular complexity index is 463. The highest BCUT2D eigenvalue weighted by molar-refractivity contribution is 6.30. The van der Waals surface area contributed by atoms with Crippen molar-refractivity contribution in [2.45, 2.75) is 0 Å². The lowest BCUT2D eigenvalue weighted by Gasteiger charge is -2.06. The Balaban J connectivity index is 2.14. The van der Waals surface area contributed by atoms with Crippen LogP contribution in [0.4, 0.5) is 0 Å². The van der Waals surface area contributed by atoms with Crippen LogP contribution in [-0.4, -0.2) is 12.5 Å². The number of alkyl halides is 1. The lowest BCUT2D eigenvalue weighted by molar-refractivity contribution is 0.343. The molecule has 0 N–H and O–H groups in total. The molecule has 0 bridgehead atoms. The van der Waals surface area contributed by atoms with Crippen molar-refractivity contribution < 1.29 is 4.74 Å². The van der Waals surface area contributed by atoms with Gasteiger partial charge in [0.1, 0.15) is 12.4 Å². The first-order valence-electron chi connectivity index (χ1n) is 5.34. The minimum Gasteiger partial charge on any atom is -0.492 e. The topological polar surface area (TPSA) is 9.23 Å². The maximum Gasteiger partial charge on any atom is 0.119 e. The minimum atomic E-state index is 0.499. The third-order valence-corrected chi connectivity index (χ3v) is 2.78. The zero-order valence-corrected chi connectivity index (χ0v) is 10.7. The van der Waals surface area contributed by atoms with Crippen molar-refractivity contribution >= 4 is 23.2 Å². The molecule has 0 aliphatic carbocycles. The molecule has 0 fully saturated rings. The summed E-state index contributed by atoms with van der Waals surface area (Å²) >= 11 is 11.4. The van der Waals surface area contributed by atoms with E-state index in [1.807, 2.05) is 48.5 Å². The van der Waals surface area contributed by atoms with Gasteiger partial charge in [-0.3, -0.25) is 0 Å². The molecule has 17 heavy (non-hydrogen) atoms. The van der Waals surface area contributed by atoms with Gasteiger partial charge in [0.15, 0.2) is 0 Å². The molecule has 1 nitrogen and oxygen atoms in total. The number of halogens is 2. The summed E-state index contributed by atoms with van der Waals surface area (Å²) in [5.41, 5.74) is 2.28. The molecule has 0 aliphatic heterocycles. The molecule has 0 saturated carbocycles. The highest BCUT2D eigenvalue weighted by Gasteiger charge is 1.98. The number of benzene rings is 2. The van der Waals surface area contributed by atoms with Crippen LogP contribution >= 0.6 is 23.2 Å². The van der Waals surface area contributed by atoms with E-state index >= 15 is 0 Å². The average molecular weight is 267 g/mol. The maximum atomic E-state index is 5.85. The van der Waals surface area contributed by atoms with Gasteiger partial charge in [-0.2, -0.15) is 0 Å². The second kappa shape index (κ2) is 5.95. The first-order valence-corrected chi connectivity index (χ1v) is 6.25. The largest absolute Gasteiger partial charge is 0.492 e. The Morgan fingerprint density at radius 2 is 1.35 bits per heavy atom. The molecule has 0 atom stereocenters. The number of rotatable bonds is 4. The Morgan fingerprint density at radius 3 is 1.88 bits per heavy atom. The molecule has 3 heteroatoms. The standard InChI is InChI=1S/C14H12Cl2O/c15-9-10-17-14-7-3-12(4-8-14)11-1-5-13(16)6-2-11/h1-8H,9-10H2. The van der Waals surface area contributed by atoms with Crippen LogP contribution in [0, 0.1) is 0 Å². The fourth-order valence-corrected chi connectivity index (χ4v) is 1.75. The highest BCUT2D eigenvalue weighted by Crippen LogP contribution is 2.23. The fourth-order valence-electron chi connectivity index (χ4n) is 1.54. The van der Waals surface area contributed by atoms with Gasteiger partial charge >= 0.3 is 0 Å². The lowest BCUT2D eigenvalue weighted by Crippen LogP contribution is -1.97. The molecule has 0 unspecified atom stereocenters. The van der Waals surface area contributed by atoms with Gasteiger partial charge in [-0.15, -0.1) is 11.6 Å². The predicted octanol–water partition coefficient (Wildman–Crippen LogP) is 4.62. The summed E-state index contributed by atoms with van der Waals surface area (Å²) in [5, 5.41) is 0.746. The normalized spacial score (nSPS) is 10.2. The molecule has 88 valence electrons. The maximum absolute atomic E-state index is 5.85. The van der Waals surface area contributed by atoms with Crippen LogP contribution in [-0.2, 0) is 0 Å². The Hall–Kier alpha value is -1.18.